The smallest absolute Gasteiger partial charge is 0.224 e. The third-order valence-electron chi connectivity index (χ3n) is 2.36. The Morgan fingerprint density at radius 2 is 2.25 bits per heavy atom. The predicted molar refractivity (Wildman–Crippen MR) is 65.3 cm³/mol. The van der Waals surface area contributed by atoms with Crippen LogP contribution in [0.3, 0.4) is 0 Å². The van der Waals surface area contributed by atoms with E-state index >= 15 is 0 Å². The van der Waals surface area contributed by atoms with E-state index in [9.17, 15) is 4.79 Å². The second kappa shape index (κ2) is 4.75. The number of amides is 1. The van der Waals surface area contributed by atoms with Gasteiger partial charge in [-0.3, -0.25) is 9.78 Å². The Kier molecular flexibility index (Phi) is 3.15. The van der Waals surface area contributed by atoms with Gasteiger partial charge in [0.05, 0.1) is 5.52 Å². The fourth-order valence-corrected chi connectivity index (χ4v) is 1.60. The molecule has 0 atom stereocenters. The van der Waals surface area contributed by atoms with E-state index in [1.807, 2.05) is 37.3 Å². The van der Waals surface area contributed by atoms with E-state index in [1.165, 1.54) is 0 Å². The lowest BCUT2D eigenvalue weighted by Crippen LogP contribution is -2.10. The lowest BCUT2D eigenvalue weighted by molar-refractivity contribution is -0.116. The molecule has 1 aromatic heterocycles. The standard InChI is InChI=1S/C13H14N2O/c1-2-4-13(16)15-11-6-7-12-10(9-11)5-3-8-14-12/h3,5-9H,2,4H2,1H3,(H,15,16). The van der Waals surface area contributed by atoms with Crippen molar-refractivity contribution in [2.45, 2.75) is 19.8 Å². The van der Waals surface area contributed by atoms with Crippen molar-refractivity contribution < 1.29 is 4.79 Å². The molecule has 1 aromatic carbocycles. The summed E-state index contributed by atoms with van der Waals surface area (Å²) in [5.41, 5.74) is 1.77. The molecule has 0 aliphatic rings. The Hall–Kier alpha value is -1.90. The SMILES string of the molecule is CCCC(=O)Nc1ccc2ncccc2c1. The minimum atomic E-state index is 0.0609. The predicted octanol–water partition coefficient (Wildman–Crippen LogP) is 2.97. The molecule has 0 unspecified atom stereocenters. The molecular weight excluding hydrogens is 200 g/mol. The van der Waals surface area contributed by atoms with Gasteiger partial charge in [0.2, 0.25) is 5.91 Å². The number of hydrogen-bond donors (Lipinski definition) is 1. The highest BCUT2D eigenvalue weighted by molar-refractivity contribution is 5.93. The zero-order chi connectivity index (χ0) is 11.4. The summed E-state index contributed by atoms with van der Waals surface area (Å²) >= 11 is 0. The average molecular weight is 214 g/mol. The summed E-state index contributed by atoms with van der Waals surface area (Å²) in [6.45, 7) is 1.99. The van der Waals surface area contributed by atoms with Crippen LogP contribution in [0.4, 0.5) is 5.69 Å². The van der Waals surface area contributed by atoms with Crippen molar-refractivity contribution in [3.63, 3.8) is 0 Å². The largest absolute Gasteiger partial charge is 0.326 e. The van der Waals surface area contributed by atoms with Gasteiger partial charge in [0.1, 0.15) is 0 Å². The highest BCUT2D eigenvalue weighted by Gasteiger charge is 2.01. The molecule has 0 aliphatic carbocycles. The van der Waals surface area contributed by atoms with Gasteiger partial charge in [0.15, 0.2) is 0 Å². The number of rotatable bonds is 3. The van der Waals surface area contributed by atoms with Gasteiger partial charge in [-0.25, -0.2) is 0 Å². The van der Waals surface area contributed by atoms with Gasteiger partial charge in [-0.2, -0.15) is 0 Å². The van der Waals surface area contributed by atoms with Crippen molar-refractivity contribution in [3.8, 4) is 0 Å². The minimum Gasteiger partial charge on any atom is -0.326 e. The van der Waals surface area contributed by atoms with Crippen molar-refractivity contribution in [3.05, 3.63) is 36.5 Å². The second-order valence-corrected chi connectivity index (χ2v) is 3.71. The van der Waals surface area contributed by atoms with Crippen molar-refractivity contribution in [1.29, 1.82) is 0 Å². The number of hydrogen-bond acceptors (Lipinski definition) is 2. The van der Waals surface area contributed by atoms with E-state index < -0.39 is 0 Å². The first kappa shape index (κ1) is 10.6. The first-order valence-electron chi connectivity index (χ1n) is 5.44. The Morgan fingerprint density at radius 1 is 1.38 bits per heavy atom. The van der Waals surface area contributed by atoms with Crippen LogP contribution >= 0.6 is 0 Å². The first-order chi connectivity index (χ1) is 7.79. The zero-order valence-electron chi connectivity index (χ0n) is 9.23. The molecule has 16 heavy (non-hydrogen) atoms. The van der Waals surface area contributed by atoms with Gasteiger partial charge < -0.3 is 5.32 Å². The number of fused-ring (bicyclic) bond motifs is 1. The number of aromatic nitrogens is 1. The Labute approximate surface area is 94.5 Å². The molecule has 0 saturated carbocycles. The first-order valence-corrected chi connectivity index (χ1v) is 5.44. The van der Waals surface area contributed by atoms with Crippen LogP contribution in [-0.2, 0) is 4.79 Å². The molecule has 1 amide bonds. The lowest BCUT2D eigenvalue weighted by atomic mass is 10.2. The van der Waals surface area contributed by atoms with Gasteiger partial charge in [-0.15, -0.1) is 0 Å². The quantitative estimate of drug-likeness (QED) is 0.853. The van der Waals surface area contributed by atoms with Crippen LogP contribution in [0, 0.1) is 0 Å². The Bertz CT molecular complexity index is 508. The molecular formula is C13H14N2O. The summed E-state index contributed by atoms with van der Waals surface area (Å²) in [6.07, 6.45) is 3.18. The van der Waals surface area contributed by atoms with Crippen molar-refractivity contribution in [2.75, 3.05) is 5.32 Å². The van der Waals surface area contributed by atoms with E-state index in [-0.39, 0.29) is 5.91 Å². The summed E-state index contributed by atoms with van der Waals surface area (Å²) in [7, 11) is 0. The molecule has 2 rings (SSSR count). The van der Waals surface area contributed by atoms with Crippen LogP contribution in [0.5, 0.6) is 0 Å². The monoisotopic (exact) mass is 214 g/mol. The lowest BCUT2D eigenvalue weighted by Gasteiger charge is -2.05. The topological polar surface area (TPSA) is 42.0 Å². The van der Waals surface area contributed by atoms with Crippen LogP contribution in [0.2, 0.25) is 0 Å². The number of pyridine rings is 1. The maximum absolute atomic E-state index is 11.4. The molecule has 0 fully saturated rings. The molecule has 1 N–H and O–H groups in total. The van der Waals surface area contributed by atoms with E-state index in [1.54, 1.807) is 6.20 Å². The van der Waals surface area contributed by atoms with Gasteiger partial charge in [0, 0.05) is 23.7 Å². The van der Waals surface area contributed by atoms with Crippen molar-refractivity contribution in [2.24, 2.45) is 0 Å². The number of benzene rings is 1. The van der Waals surface area contributed by atoms with E-state index in [0.29, 0.717) is 6.42 Å². The van der Waals surface area contributed by atoms with Crippen LogP contribution in [0.15, 0.2) is 36.5 Å². The van der Waals surface area contributed by atoms with Crippen molar-refractivity contribution in [1.82, 2.24) is 4.98 Å². The fourth-order valence-electron chi connectivity index (χ4n) is 1.60. The number of carbonyl (C=O) groups is 1. The Balaban J connectivity index is 2.22. The summed E-state index contributed by atoms with van der Waals surface area (Å²) in [4.78, 5) is 15.6. The van der Waals surface area contributed by atoms with E-state index in [0.717, 1.165) is 23.0 Å². The van der Waals surface area contributed by atoms with Crippen molar-refractivity contribution >= 4 is 22.5 Å². The molecule has 0 aliphatic heterocycles. The number of nitrogens with one attached hydrogen (secondary N) is 1. The number of nitrogens with zero attached hydrogens (tertiary/aromatic N) is 1. The molecule has 2 aromatic rings. The third-order valence-corrected chi connectivity index (χ3v) is 2.36. The van der Waals surface area contributed by atoms with E-state index in [2.05, 4.69) is 10.3 Å². The molecule has 0 spiro atoms. The molecule has 3 nitrogen and oxygen atoms in total. The summed E-state index contributed by atoms with van der Waals surface area (Å²) in [6, 6.07) is 9.60. The van der Waals surface area contributed by atoms with E-state index in [4.69, 9.17) is 0 Å². The molecule has 82 valence electrons. The van der Waals surface area contributed by atoms with Gasteiger partial charge in [-0.1, -0.05) is 13.0 Å². The van der Waals surface area contributed by atoms with Gasteiger partial charge in [0.25, 0.3) is 0 Å². The second-order valence-electron chi connectivity index (χ2n) is 3.71. The Morgan fingerprint density at radius 3 is 3.06 bits per heavy atom. The highest BCUT2D eigenvalue weighted by Crippen LogP contribution is 2.17. The molecule has 0 bridgehead atoms. The molecule has 0 saturated heterocycles. The third kappa shape index (κ3) is 2.37. The maximum Gasteiger partial charge on any atom is 0.224 e. The van der Waals surface area contributed by atoms with Crippen LogP contribution in [0.1, 0.15) is 19.8 Å². The summed E-state index contributed by atoms with van der Waals surface area (Å²) in [5, 5.41) is 3.91. The van der Waals surface area contributed by atoms with Gasteiger partial charge >= 0.3 is 0 Å². The fraction of sp³-hybridized carbons (Fsp3) is 0.231. The summed E-state index contributed by atoms with van der Waals surface area (Å²) in [5.74, 6) is 0.0609. The minimum absolute atomic E-state index is 0.0609. The molecule has 3 heteroatoms. The molecule has 0 radical (unpaired) electrons. The number of carbonyl (C=O) groups excluding carboxylic acids is 1. The highest BCUT2D eigenvalue weighted by atomic mass is 16.1. The van der Waals surface area contributed by atoms with Crippen LogP contribution < -0.4 is 5.32 Å². The zero-order valence-corrected chi connectivity index (χ0v) is 9.23. The maximum atomic E-state index is 11.4. The summed E-state index contributed by atoms with van der Waals surface area (Å²) < 4.78 is 0. The molecule has 1 heterocycles. The van der Waals surface area contributed by atoms with Crippen LogP contribution in [0.25, 0.3) is 10.9 Å². The normalized spacial score (nSPS) is 10.3. The average Bonchev–Trinajstić information content (AvgIpc) is 2.29. The number of anilines is 1. The van der Waals surface area contributed by atoms with Gasteiger partial charge in [-0.05, 0) is 30.7 Å². The van der Waals surface area contributed by atoms with Crippen LogP contribution in [-0.4, -0.2) is 10.9 Å².